The largest absolute Gasteiger partial charge is 0.384 e. The Kier molecular flexibility index (Phi) is 5.17. The van der Waals surface area contributed by atoms with E-state index in [1.54, 1.807) is 6.07 Å². The quantitative estimate of drug-likeness (QED) is 0.870. The molecule has 0 aliphatic carbocycles. The summed E-state index contributed by atoms with van der Waals surface area (Å²) >= 11 is 0. The third-order valence-electron chi connectivity index (χ3n) is 4.04. The Morgan fingerprint density at radius 3 is 2.62 bits per heavy atom. The molecule has 1 saturated heterocycles. The van der Waals surface area contributed by atoms with Crippen LogP contribution >= 0.6 is 0 Å². The molecule has 5 heteroatoms. The molecule has 0 radical (unpaired) electrons. The van der Waals surface area contributed by atoms with Gasteiger partial charge in [-0.3, -0.25) is 9.69 Å². The molecule has 1 fully saturated rings. The summed E-state index contributed by atoms with van der Waals surface area (Å²) in [5, 5.41) is 3.01. The van der Waals surface area contributed by atoms with Crippen LogP contribution in [0.2, 0.25) is 0 Å². The number of nitrogens with one attached hydrogen (secondary N) is 1. The summed E-state index contributed by atoms with van der Waals surface area (Å²) in [5.74, 6) is 0.583. The third-order valence-corrected chi connectivity index (χ3v) is 4.04. The van der Waals surface area contributed by atoms with Crippen molar-refractivity contribution in [1.82, 2.24) is 15.2 Å². The van der Waals surface area contributed by atoms with Gasteiger partial charge in [0.1, 0.15) is 5.82 Å². The second-order valence-corrected chi connectivity index (χ2v) is 6.16. The molecule has 1 aromatic rings. The Morgan fingerprint density at radius 1 is 1.33 bits per heavy atom. The molecule has 0 bridgehead atoms. The molecule has 0 spiro atoms. The number of hydrogen-bond acceptors (Lipinski definition) is 4. The van der Waals surface area contributed by atoms with Gasteiger partial charge in [-0.15, -0.1) is 0 Å². The molecule has 1 aliphatic heterocycles. The predicted molar refractivity (Wildman–Crippen MR) is 85.3 cm³/mol. The maximum Gasteiger partial charge on any atom is 0.251 e. The normalized spacial score (nSPS) is 17.1. The fourth-order valence-corrected chi connectivity index (χ4v) is 2.65. The van der Waals surface area contributed by atoms with E-state index in [0.717, 1.165) is 18.8 Å². The van der Waals surface area contributed by atoms with Crippen LogP contribution in [0.3, 0.4) is 0 Å². The summed E-state index contributed by atoms with van der Waals surface area (Å²) in [6.45, 7) is 9.18. The zero-order chi connectivity index (χ0) is 15.4. The Balaban J connectivity index is 1.96. The number of carbonyl (C=O) groups excluding carboxylic acids is 1. The van der Waals surface area contributed by atoms with E-state index in [0.29, 0.717) is 24.0 Å². The first-order valence-electron chi connectivity index (χ1n) is 7.77. The molecule has 2 rings (SSSR count). The van der Waals surface area contributed by atoms with E-state index in [1.807, 2.05) is 19.9 Å². The summed E-state index contributed by atoms with van der Waals surface area (Å²) in [7, 11) is 0. The van der Waals surface area contributed by atoms with Crippen molar-refractivity contribution in [2.75, 3.05) is 25.4 Å². The molecule has 1 unspecified atom stereocenters. The molecule has 2 heterocycles. The highest BCUT2D eigenvalue weighted by molar-refractivity contribution is 5.94. The number of likely N-dealkylation sites (tertiary alicyclic amines) is 1. The number of nitrogens with two attached hydrogens (primary N) is 1. The van der Waals surface area contributed by atoms with E-state index in [2.05, 4.69) is 22.1 Å². The highest BCUT2D eigenvalue weighted by Crippen LogP contribution is 2.16. The number of rotatable bonds is 5. The molecule has 21 heavy (non-hydrogen) atoms. The molecule has 1 amide bonds. The lowest BCUT2D eigenvalue weighted by Crippen LogP contribution is -2.40. The van der Waals surface area contributed by atoms with Crippen LogP contribution < -0.4 is 11.1 Å². The van der Waals surface area contributed by atoms with Crippen molar-refractivity contribution >= 4 is 11.7 Å². The Hall–Kier alpha value is -1.62. The molecule has 0 saturated carbocycles. The van der Waals surface area contributed by atoms with Crippen LogP contribution in [0.15, 0.2) is 12.1 Å². The van der Waals surface area contributed by atoms with Crippen molar-refractivity contribution in [3.8, 4) is 0 Å². The zero-order valence-corrected chi connectivity index (χ0v) is 13.2. The molecule has 1 aromatic heterocycles. The molecule has 116 valence electrons. The van der Waals surface area contributed by atoms with Gasteiger partial charge < -0.3 is 11.1 Å². The first kappa shape index (κ1) is 15.8. The minimum absolute atomic E-state index is 0.0722. The van der Waals surface area contributed by atoms with Crippen LogP contribution in [0, 0.1) is 0 Å². The van der Waals surface area contributed by atoms with Gasteiger partial charge >= 0.3 is 0 Å². The van der Waals surface area contributed by atoms with Gasteiger partial charge in [-0.2, -0.15) is 0 Å². The first-order valence-corrected chi connectivity index (χ1v) is 7.77. The van der Waals surface area contributed by atoms with Crippen molar-refractivity contribution in [3.63, 3.8) is 0 Å². The van der Waals surface area contributed by atoms with E-state index in [4.69, 9.17) is 5.73 Å². The van der Waals surface area contributed by atoms with Crippen LogP contribution in [0.5, 0.6) is 0 Å². The SMILES string of the molecule is CC(C)c1cc(C(=O)NCC(C)N2CCCC2)cc(N)n1. The van der Waals surface area contributed by atoms with Crippen LogP contribution in [0.1, 0.15) is 55.6 Å². The predicted octanol–water partition coefficient (Wildman–Crippen LogP) is 2.00. The van der Waals surface area contributed by atoms with Gasteiger partial charge in [0.15, 0.2) is 0 Å². The lowest BCUT2D eigenvalue weighted by atomic mass is 10.1. The van der Waals surface area contributed by atoms with Gasteiger partial charge in [0, 0.05) is 23.8 Å². The number of anilines is 1. The van der Waals surface area contributed by atoms with Gasteiger partial charge in [0.05, 0.1) is 0 Å². The molecule has 5 nitrogen and oxygen atoms in total. The van der Waals surface area contributed by atoms with Crippen LogP contribution in [-0.4, -0.2) is 41.5 Å². The molecule has 3 N–H and O–H groups in total. The Morgan fingerprint density at radius 2 is 2.00 bits per heavy atom. The van der Waals surface area contributed by atoms with Crippen LogP contribution in [-0.2, 0) is 0 Å². The highest BCUT2D eigenvalue weighted by atomic mass is 16.1. The number of nitrogen functional groups attached to an aromatic ring is 1. The van der Waals surface area contributed by atoms with Crippen LogP contribution in [0.4, 0.5) is 5.82 Å². The number of pyridine rings is 1. The average Bonchev–Trinajstić information content (AvgIpc) is 2.97. The van der Waals surface area contributed by atoms with Gasteiger partial charge in [-0.05, 0) is 50.9 Å². The van der Waals surface area contributed by atoms with Crippen molar-refractivity contribution in [1.29, 1.82) is 0 Å². The van der Waals surface area contributed by atoms with E-state index >= 15 is 0 Å². The lowest BCUT2D eigenvalue weighted by molar-refractivity contribution is 0.0940. The summed E-state index contributed by atoms with van der Waals surface area (Å²) < 4.78 is 0. The second kappa shape index (κ2) is 6.89. The fourth-order valence-electron chi connectivity index (χ4n) is 2.65. The lowest BCUT2D eigenvalue weighted by Gasteiger charge is -2.23. The topological polar surface area (TPSA) is 71.2 Å². The highest BCUT2D eigenvalue weighted by Gasteiger charge is 2.19. The van der Waals surface area contributed by atoms with Crippen molar-refractivity contribution in [3.05, 3.63) is 23.4 Å². The van der Waals surface area contributed by atoms with E-state index in [9.17, 15) is 4.79 Å². The number of hydrogen-bond donors (Lipinski definition) is 2. The average molecular weight is 290 g/mol. The molecule has 1 atom stereocenters. The van der Waals surface area contributed by atoms with Crippen molar-refractivity contribution in [2.24, 2.45) is 0 Å². The minimum Gasteiger partial charge on any atom is -0.384 e. The number of carbonyl (C=O) groups is 1. The summed E-state index contributed by atoms with van der Waals surface area (Å²) in [5.41, 5.74) is 7.24. The van der Waals surface area contributed by atoms with Crippen molar-refractivity contribution in [2.45, 2.75) is 45.6 Å². The number of nitrogens with zero attached hydrogens (tertiary/aromatic N) is 2. The smallest absolute Gasteiger partial charge is 0.251 e. The van der Waals surface area contributed by atoms with E-state index in [1.165, 1.54) is 12.8 Å². The van der Waals surface area contributed by atoms with Gasteiger partial charge in [-0.1, -0.05) is 13.8 Å². The number of amides is 1. The maximum atomic E-state index is 12.3. The Labute approximate surface area is 126 Å². The minimum atomic E-state index is -0.0722. The molecular weight excluding hydrogens is 264 g/mol. The summed E-state index contributed by atoms with van der Waals surface area (Å²) in [6.07, 6.45) is 2.52. The summed E-state index contributed by atoms with van der Waals surface area (Å²) in [4.78, 5) is 19.0. The van der Waals surface area contributed by atoms with Gasteiger partial charge in [-0.25, -0.2) is 4.98 Å². The van der Waals surface area contributed by atoms with E-state index < -0.39 is 0 Å². The summed E-state index contributed by atoms with van der Waals surface area (Å²) in [6, 6.07) is 3.85. The van der Waals surface area contributed by atoms with Gasteiger partial charge in [0.2, 0.25) is 0 Å². The fraction of sp³-hybridized carbons (Fsp3) is 0.625. The zero-order valence-electron chi connectivity index (χ0n) is 13.2. The maximum absolute atomic E-state index is 12.3. The van der Waals surface area contributed by atoms with Gasteiger partial charge in [0.25, 0.3) is 5.91 Å². The monoisotopic (exact) mass is 290 g/mol. The first-order chi connectivity index (χ1) is 9.97. The van der Waals surface area contributed by atoms with Crippen LogP contribution in [0.25, 0.3) is 0 Å². The standard InChI is InChI=1S/C16H26N4O/c1-11(2)14-8-13(9-15(17)19-14)16(21)18-10-12(3)20-6-4-5-7-20/h8-9,11-12H,4-7,10H2,1-3H3,(H2,17,19)(H,18,21). The second-order valence-electron chi connectivity index (χ2n) is 6.16. The molecular formula is C16H26N4O. The number of aromatic nitrogens is 1. The Bertz CT molecular complexity index is 495. The van der Waals surface area contributed by atoms with Crippen molar-refractivity contribution < 1.29 is 4.79 Å². The molecule has 1 aliphatic rings. The third kappa shape index (κ3) is 4.17. The molecule has 0 aromatic carbocycles. The van der Waals surface area contributed by atoms with E-state index in [-0.39, 0.29) is 11.8 Å².